The molecule has 0 aliphatic heterocycles. The van der Waals surface area contributed by atoms with Gasteiger partial charge in [0.15, 0.2) is 5.82 Å². The molecule has 1 aliphatic carbocycles. The van der Waals surface area contributed by atoms with E-state index in [1.807, 2.05) is 12.1 Å². The monoisotopic (exact) mass is 368 g/mol. The lowest BCUT2D eigenvalue weighted by Crippen LogP contribution is -2.26. The van der Waals surface area contributed by atoms with E-state index < -0.39 is 0 Å². The second-order valence-corrected chi connectivity index (χ2v) is 6.68. The minimum absolute atomic E-state index is 0.0137. The van der Waals surface area contributed by atoms with E-state index in [0.29, 0.717) is 55.2 Å². The SMILES string of the molecule is CN(Cc1noc(C2CC2)n1)C(=O)CCCc1nc(-c2cccnc2)no1. The van der Waals surface area contributed by atoms with Crippen molar-refractivity contribution in [2.75, 3.05) is 7.05 Å². The number of carbonyl (C=O) groups is 1. The largest absolute Gasteiger partial charge is 0.339 e. The lowest BCUT2D eigenvalue weighted by atomic mass is 10.2. The van der Waals surface area contributed by atoms with Gasteiger partial charge in [-0.3, -0.25) is 9.78 Å². The van der Waals surface area contributed by atoms with Crippen LogP contribution in [0.1, 0.15) is 49.2 Å². The Hall–Kier alpha value is -3.10. The molecular weight excluding hydrogens is 348 g/mol. The van der Waals surface area contributed by atoms with Gasteiger partial charge >= 0.3 is 0 Å². The van der Waals surface area contributed by atoms with Crippen LogP contribution in [0.15, 0.2) is 33.6 Å². The minimum atomic E-state index is 0.0137. The first-order chi connectivity index (χ1) is 13.2. The van der Waals surface area contributed by atoms with Crippen molar-refractivity contribution in [1.29, 1.82) is 0 Å². The van der Waals surface area contributed by atoms with Crippen molar-refractivity contribution >= 4 is 5.91 Å². The van der Waals surface area contributed by atoms with Crippen molar-refractivity contribution in [3.8, 4) is 11.4 Å². The molecule has 0 aromatic carbocycles. The Morgan fingerprint density at radius 1 is 1.26 bits per heavy atom. The van der Waals surface area contributed by atoms with E-state index in [9.17, 15) is 4.79 Å². The number of carbonyl (C=O) groups excluding carboxylic acids is 1. The summed E-state index contributed by atoms with van der Waals surface area (Å²) in [7, 11) is 1.74. The summed E-state index contributed by atoms with van der Waals surface area (Å²) in [6.45, 7) is 0.348. The van der Waals surface area contributed by atoms with Gasteiger partial charge in [0.1, 0.15) is 0 Å². The van der Waals surface area contributed by atoms with Crippen LogP contribution >= 0.6 is 0 Å². The zero-order chi connectivity index (χ0) is 18.6. The number of hydrogen-bond donors (Lipinski definition) is 0. The molecular formula is C18H20N6O3. The maximum Gasteiger partial charge on any atom is 0.229 e. The first-order valence-corrected chi connectivity index (χ1v) is 8.98. The summed E-state index contributed by atoms with van der Waals surface area (Å²) in [5.74, 6) is 2.68. The van der Waals surface area contributed by atoms with Crippen molar-refractivity contribution in [2.45, 2.75) is 44.6 Å². The zero-order valence-corrected chi connectivity index (χ0v) is 15.0. The Bertz CT molecular complexity index is 903. The van der Waals surface area contributed by atoms with Crippen LogP contribution in [0.3, 0.4) is 0 Å². The third-order valence-electron chi connectivity index (χ3n) is 4.38. The molecule has 0 N–H and O–H groups in total. The van der Waals surface area contributed by atoms with Crippen LogP contribution in [0, 0.1) is 0 Å². The molecule has 0 bridgehead atoms. The third-order valence-corrected chi connectivity index (χ3v) is 4.38. The van der Waals surface area contributed by atoms with Crippen LogP contribution < -0.4 is 0 Å². The van der Waals surface area contributed by atoms with Gasteiger partial charge in [-0.15, -0.1) is 0 Å². The highest BCUT2D eigenvalue weighted by molar-refractivity contribution is 5.75. The number of pyridine rings is 1. The number of nitrogens with zero attached hydrogens (tertiary/aromatic N) is 6. The topological polar surface area (TPSA) is 111 Å². The first-order valence-electron chi connectivity index (χ1n) is 8.98. The van der Waals surface area contributed by atoms with E-state index in [0.717, 1.165) is 18.4 Å². The van der Waals surface area contributed by atoms with Gasteiger partial charge in [-0.05, 0) is 31.4 Å². The van der Waals surface area contributed by atoms with Crippen molar-refractivity contribution in [2.24, 2.45) is 0 Å². The second-order valence-electron chi connectivity index (χ2n) is 6.68. The molecule has 0 saturated heterocycles. The Morgan fingerprint density at radius 2 is 2.15 bits per heavy atom. The molecule has 9 heteroatoms. The van der Waals surface area contributed by atoms with Gasteiger partial charge in [0.05, 0.1) is 6.54 Å². The fourth-order valence-corrected chi connectivity index (χ4v) is 2.68. The number of aryl methyl sites for hydroxylation is 1. The van der Waals surface area contributed by atoms with Gasteiger partial charge in [-0.2, -0.15) is 9.97 Å². The zero-order valence-electron chi connectivity index (χ0n) is 15.0. The van der Waals surface area contributed by atoms with Gasteiger partial charge in [-0.1, -0.05) is 10.3 Å². The lowest BCUT2D eigenvalue weighted by molar-refractivity contribution is -0.130. The van der Waals surface area contributed by atoms with Gasteiger partial charge in [0, 0.05) is 43.8 Å². The fourth-order valence-electron chi connectivity index (χ4n) is 2.68. The summed E-state index contributed by atoms with van der Waals surface area (Å²) in [5, 5.41) is 7.89. The van der Waals surface area contributed by atoms with E-state index in [1.54, 1.807) is 24.3 Å². The molecule has 1 saturated carbocycles. The molecule has 1 fully saturated rings. The smallest absolute Gasteiger partial charge is 0.229 e. The molecule has 3 aromatic heterocycles. The normalized spacial score (nSPS) is 13.7. The molecule has 1 aliphatic rings. The molecule has 27 heavy (non-hydrogen) atoms. The maximum atomic E-state index is 12.3. The standard InChI is InChI=1S/C18H20N6O3/c1-24(11-14-20-18(27-22-14)12-7-8-12)16(25)6-2-5-15-21-17(23-26-15)13-4-3-9-19-10-13/h3-4,9-10,12H,2,5-8,11H2,1H3. The molecule has 3 heterocycles. The quantitative estimate of drug-likeness (QED) is 0.596. The predicted molar refractivity (Wildman–Crippen MR) is 93.2 cm³/mol. The lowest BCUT2D eigenvalue weighted by Gasteiger charge is -2.14. The Labute approximate surface area is 155 Å². The van der Waals surface area contributed by atoms with Crippen LogP contribution in [0.5, 0.6) is 0 Å². The van der Waals surface area contributed by atoms with E-state index in [2.05, 4.69) is 25.3 Å². The summed E-state index contributed by atoms with van der Waals surface area (Å²) in [5.41, 5.74) is 0.800. The molecule has 0 unspecified atom stereocenters. The average molecular weight is 368 g/mol. The summed E-state index contributed by atoms with van der Waals surface area (Å²) in [6, 6.07) is 3.68. The van der Waals surface area contributed by atoms with Crippen LogP contribution in [0.2, 0.25) is 0 Å². The molecule has 0 spiro atoms. The molecule has 3 aromatic rings. The Kier molecular flexibility index (Phi) is 4.91. The summed E-state index contributed by atoms with van der Waals surface area (Å²) in [4.78, 5) is 26.6. The van der Waals surface area contributed by atoms with Crippen molar-refractivity contribution < 1.29 is 13.8 Å². The Morgan fingerprint density at radius 3 is 2.93 bits per heavy atom. The summed E-state index contributed by atoms with van der Waals surface area (Å²) in [6.07, 6.45) is 7.13. The Balaban J connectivity index is 1.23. The van der Waals surface area contributed by atoms with Gasteiger partial charge in [-0.25, -0.2) is 0 Å². The molecule has 4 rings (SSSR count). The van der Waals surface area contributed by atoms with Crippen LogP contribution in [-0.4, -0.2) is 43.1 Å². The minimum Gasteiger partial charge on any atom is -0.339 e. The van der Waals surface area contributed by atoms with Gasteiger partial charge in [0.25, 0.3) is 0 Å². The highest BCUT2D eigenvalue weighted by Crippen LogP contribution is 2.38. The van der Waals surface area contributed by atoms with Crippen LogP contribution in [0.25, 0.3) is 11.4 Å². The predicted octanol–water partition coefficient (Wildman–Crippen LogP) is 2.37. The second kappa shape index (κ2) is 7.65. The maximum absolute atomic E-state index is 12.3. The average Bonchev–Trinajstić information content (AvgIpc) is 3.25. The van der Waals surface area contributed by atoms with E-state index in [4.69, 9.17) is 9.05 Å². The third kappa shape index (κ3) is 4.36. The number of aromatic nitrogens is 5. The van der Waals surface area contributed by atoms with Crippen LogP contribution in [-0.2, 0) is 17.8 Å². The fraction of sp³-hybridized carbons (Fsp3) is 0.444. The van der Waals surface area contributed by atoms with Crippen LogP contribution in [0.4, 0.5) is 0 Å². The molecule has 1 amide bonds. The van der Waals surface area contributed by atoms with E-state index >= 15 is 0 Å². The highest BCUT2D eigenvalue weighted by Gasteiger charge is 2.29. The van der Waals surface area contributed by atoms with E-state index in [1.165, 1.54) is 0 Å². The van der Waals surface area contributed by atoms with Crippen molar-refractivity contribution in [1.82, 2.24) is 30.2 Å². The summed E-state index contributed by atoms with van der Waals surface area (Å²) < 4.78 is 10.5. The van der Waals surface area contributed by atoms with E-state index in [-0.39, 0.29) is 5.91 Å². The van der Waals surface area contributed by atoms with Gasteiger partial charge < -0.3 is 13.9 Å². The molecule has 0 radical (unpaired) electrons. The summed E-state index contributed by atoms with van der Waals surface area (Å²) >= 11 is 0. The van der Waals surface area contributed by atoms with Gasteiger partial charge in [0.2, 0.25) is 23.5 Å². The number of amides is 1. The van der Waals surface area contributed by atoms with Crippen molar-refractivity contribution in [3.63, 3.8) is 0 Å². The molecule has 140 valence electrons. The molecule has 9 nitrogen and oxygen atoms in total. The molecule has 0 atom stereocenters. The highest BCUT2D eigenvalue weighted by atomic mass is 16.5. The van der Waals surface area contributed by atoms with Crippen molar-refractivity contribution in [3.05, 3.63) is 42.1 Å². The number of hydrogen-bond acceptors (Lipinski definition) is 8. The number of rotatable bonds is 8. The first kappa shape index (κ1) is 17.3.